The van der Waals surface area contributed by atoms with Gasteiger partial charge >= 0.3 is 0 Å². The number of hydrogen-bond acceptors (Lipinski definition) is 8. The number of rotatable bonds is 8. The number of carbonyl (C=O) groups excluding carboxylic acids is 1. The monoisotopic (exact) mass is 405 g/mol. The average Bonchev–Trinajstić information content (AvgIpc) is 3.44. The number of nitrogens with zero attached hydrogens (tertiary/aromatic N) is 5. The third-order valence-electron chi connectivity index (χ3n) is 4.77. The van der Waals surface area contributed by atoms with Crippen molar-refractivity contribution < 1.29 is 9.53 Å². The maximum absolute atomic E-state index is 12.8. The molecule has 4 rings (SSSR count). The first-order chi connectivity index (χ1) is 14.4. The van der Waals surface area contributed by atoms with Crippen molar-refractivity contribution in [2.75, 3.05) is 17.7 Å². The van der Waals surface area contributed by atoms with E-state index in [9.17, 15) is 10.1 Å². The van der Waals surface area contributed by atoms with Crippen LogP contribution in [0.15, 0.2) is 30.6 Å². The van der Waals surface area contributed by atoms with Gasteiger partial charge in [-0.15, -0.1) is 0 Å². The number of aromatic nitrogens is 4. The van der Waals surface area contributed by atoms with Crippen LogP contribution < -0.4 is 15.4 Å². The standard InChI is InChI=1S/C21H23N7O2/c1-21(2,12-22)10-16(29)14-11-25-28-18(23-3)9-17(27-19(14)28)26-15-5-4-8-24-20(15)30-13-6-7-13/h4-5,8-9,11,13,23H,6-7,10H2,1-3H3,(H,26,27). The second-order valence-electron chi connectivity index (χ2n) is 7.96. The topological polar surface area (TPSA) is 117 Å². The van der Waals surface area contributed by atoms with Gasteiger partial charge in [-0.3, -0.25) is 4.79 Å². The van der Waals surface area contributed by atoms with Crippen molar-refractivity contribution in [3.63, 3.8) is 0 Å². The smallest absolute Gasteiger partial charge is 0.238 e. The van der Waals surface area contributed by atoms with Crippen molar-refractivity contribution in [1.29, 1.82) is 5.26 Å². The molecule has 3 aromatic heterocycles. The summed E-state index contributed by atoms with van der Waals surface area (Å²) in [4.78, 5) is 21.8. The first-order valence-electron chi connectivity index (χ1n) is 9.80. The van der Waals surface area contributed by atoms with Gasteiger partial charge < -0.3 is 15.4 Å². The molecule has 1 saturated carbocycles. The molecule has 3 aromatic rings. The molecule has 2 N–H and O–H groups in total. The number of nitriles is 1. The fourth-order valence-electron chi connectivity index (χ4n) is 3.00. The largest absolute Gasteiger partial charge is 0.473 e. The molecule has 3 heterocycles. The highest BCUT2D eigenvalue weighted by molar-refractivity contribution is 6.02. The Hall–Kier alpha value is -3.67. The molecule has 0 aromatic carbocycles. The number of ether oxygens (including phenoxy) is 1. The summed E-state index contributed by atoms with van der Waals surface area (Å²) in [6.45, 7) is 3.47. The minimum absolute atomic E-state index is 0.0844. The molecule has 0 unspecified atom stereocenters. The third-order valence-corrected chi connectivity index (χ3v) is 4.77. The van der Waals surface area contributed by atoms with Crippen LogP contribution in [0.25, 0.3) is 5.65 Å². The average molecular weight is 405 g/mol. The van der Waals surface area contributed by atoms with Gasteiger partial charge in [0.25, 0.3) is 0 Å². The molecule has 1 aliphatic rings. The van der Waals surface area contributed by atoms with Crippen molar-refractivity contribution in [3.8, 4) is 11.9 Å². The number of ketones is 1. The second kappa shape index (κ2) is 7.63. The van der Waals surface area contributed by atoms with E-state index in [2.05, 4.69) is 31.8 Å². The summed E-state index contributed by atoms with van der Waals surface area (Å²) in [6, 6.07) is 7.64. The van der Waals surface area contributed by atoms with Crippen LogP contribution in [0.3, 0.4) is 0 Å². The summed E-state index contributed by atoms with van der Waals surface area (Å²) < 4.78 is 7.44. The lowest BCUT2D eigenvalue weighted by Crippen LogP contribution is -2.15. The van der Waals surface area contributed by atoms with Crippen molar-refractivity contribution in [2.45, 2.75) is 39.2 Å². The number of anilines is 3. The summed E-state index contributed by atoms with van der Waals surface area (Å²) >= 11 is 0. The number of nitrogens with one attached hydrogen (secondary N) is 2. The van der Waals surface area contributed by atoms with Crippen molar-refractivity contribution in [1.82, 2.24) is 19.6 Å². The van der Waals surface area contributed by atoms with Gasteiger partial charge in [-0.1, -0.05) is 0 Å². The third kappa shape index (κ3) is 4.03. The fourth-order valence-corrected chi connectivity index (χ4v) is 3.00. The zero-order valence-corrected chi connectivity index (χ0v) is 17.1. The van der Waals surface area contributed by atoms with Crippen LogP contribution in [-0.4, -0.2) is 38.5 Å². The van der Waals surface area contributed by atoms with Gasteiger partial charge in [-0.25, -0.2) is 9.97 Å². The van der Waals surface area contributed by atoms with Crippen LogP contribution in [0.4, 0.5) is 17.3 Å². The van der Waals surface area contributed by atoms with Crippen molar-refractivity contribution in [3.05, 3.63) is 36.2 Å². The van der Waals surface area contributed by atoms with Crippen molar-refractivity contribution >= 4 is 28.8 Å². The summed E-state index contributed by atoms with van der Waals surface area (Å²) in [5.41, 5.74) is 0.717. The Morgan fingerprint density at radius 3 is 2.93 bits per heavy atom. The Labute approximate surface area is 174 Å². The maximum Gasteiger partial charge on any atom is 0.238 e. The molecule has 9 heteroatoms. The molecule has 0 aliphatic heterocycles. The Kier molecular flexibility index (Phi) is 4.99. The number of hydrogen-bond donors (Lipinski definition) is 2. The summed E-state index contributed by atoms with van der Waals surface area (Å²) in [7, 11) is 1.77. The summed E-state index contributed by atoms with van der Waals surface area (Å²) in [6.07, 6.45) is 5.54. The molecule has 1 aliphatic carbocycles. The van der Waals surface area contributed by atoms with Gasteiger partial charge in [0.2, 0.25) is 5.88 Å². The Morgan fingerprint density at radius 2 is 2.23 bits per heavy atom. The quantitative estimate of drug-likeness (QED) is 0.546. The highest BCUT2D eigenvalue weighted by Crippen LogP contribution is 2.32. The van der Waals surface area contributed by atoms with E-state index in [4.69, 9.17) is 4.74 Å². The Bertz CT molecular complexity index is 1140. The van der Waals surface area contributed by atoms with E-state index in [1.165, 1.54) is 6.20 Å². The number of pyridine rings is 1. The Morgan fingerprint density at radius 1 is 1.43 bits per heavy atom. The lowest BCUT2D eigenvalue weighted by Gasteiger charge is -2.14. The van der Waals surface area contributed by atoms with Gasteiger partial charge in [0.05, 0.1) is 23.2 Å². The minimum atomic E-state index is -0.766. The van der Waals surface area contributed by atoms with E-state index >= 15 is 0 Å². The van der Waals surface area contributed by atoms with Crippen LogP contribution >= 0.6 is 0 Å². The molecular weight excluding hydrogens is 382 g/mol. The van der Waals surface area contributed by atoms with E-state index in [0.29, 0.717) is 34.4 Å². The number of Topliss-reactive ketones (excluding diaryl/α,β-unsaturated/α-hetero) is 1. The van der Waals surface area contributed by atoms with Crippen LogP contribution in [-0.2, 0) is 0 Å². The van der Waals surface area contributed by atoms with Crippen LogP contribution in [0.2, 0.25) is 0 Å². The van der Waals surface area contributed by atoms with Crippen molar-refractivity contribution in [2.24, 2.45) is 5.41 Å². The second-order valence-corrected chi connectivity index (χ2v) is 7.96. The SMILES string of the molecule is CNc1cc(Nc2cccnc2OC2CC2)nc2c(C(=O)CC(C)(C)C#N)cnn12. The molecule has 9 nitrogen and oxygen atoms in total. The van der Waals surface area contributed by atoms with Crippen LogP contribution in [0.1, 0.15) is 43.5 Å². The normalized spacial score (nSPS) is 13.7. The lowest BCUT2D eigenvalue weighted by molar-refractivity contribution is 0.0953. The molecule has 0 atom stereocenters. The molecule has 154 valence electrons. The van der Waals surface area contributed by atoms with Gasteiger partial charge in [-0.2, -0.15) is 14.9 Å². The van der Waals surface area contributed by atoms with Gasteiger partial charge in [0.15, 0.2) is 11.4 Å². The predicted octanol–water partition coefficient (Wildman–Crippen LogP) is 3.57. The first-order valence-corrected chi connectivity index (χ1v) is 9.80. The van der Waals surface area contributed by atoms with Crippen LogP contribution in [0.5, 0.6) is 5.88 Å². The van der Waals surface area contributed by atoms with Gasteiger partial charge in [0.1, 0.15) is 23.4 Å². The molecule has 30 heavy (non-hydrogen) atoms. The number of carbonyl (C=O) groups is 1. The lowest BCUT2D eigenvalue weighted by atomic mass is 9.88. The van der Waals surface area contributed by atoms with Gasteiger partial charge in [-0.05, 0) is 38.8 Å². The Balaban J connectivity index is 1.70. The predicted molar refractivity (Wildman–Crippen MR) is 112 cm³/mol. The van der Waals surface area contributed by atoms with E-state index in [-0.39, 0.29) is 18.3 Å². The molecule has 0 amide bonds. The highest BCUT2D eigenvalue weighted by atomic mass is 16.5. The molecule has 0 radical (unpaired) electrons. The van der Waals surface area contributed by atoms with E-state index in [0.717, 1.165) is 12.8 Å². The van der Waals surface area contributed by atoms with Gasteiger partial charge in [0, 0.05) is 25.7 Å². The summed E-state index contributed by atoms with van der Waals surface area (Å²) in [5, 5.41) is 19.9. The molecular formula is C21H23N7O2. The maximum atomic E-state index is 12.8. The number of fused-ring (bicyclic) bond motifs is 1. The highest BCUT2D eigenvalue weighted by Gasteiger charge is 2.27. The van der Waals surface area contributed by atoms with Crippen LogP contribution in [0, 0.1) is 16.7 Å². The molecule has 1 fully saturated rings. The zero-order valence-electron chi connectivity index (χ0n) is 17.1. The fraction of sp³-hybridized carbons (Fsp3) is 0.381. The van der Waals surface area contributed by atoms with E-state index in [1.807, 2.05) is 12.1 Å². The van der Waals surface area contributed by atoms with E-state index in [1.54, 1.807) is 37.7 Å². The summed E-state index contributed by atoms with van der Waals surface area (Å²) in [5.74, 6) is 1.53. The first kappa shape index (κ1) is 19.6. The molecule has 0 bridgehead atoms. The van der Waals surface area contributed by atoms with E-state index < -0.39 is 5.41 Å². The molecule has 0 spiro atoms. The molecule has 0 saturated heterocycles. The zero-order chi connectivity index (χ0) is 21.3. The minimum Gasteiger partial charge on any atom is -0.473 e.